The molecule has 0 aromatic heterocycles. The zero-order valence-electron chi connectivity index (χ0n) is 32.9. The number of hydrogen-bond donors (Lipinski definition) is 0. The molecule has 3 heteroatoms. The first-order valence-corrected chi connectivity index (χ1v) is 24.2. The van der Waals surface area contributed by atoms with Gasteiger partial charge in [0.2, 0.25) is 0 Å². The van der Waals surface area contributed by atoms with Gasteiger partial charge >= 0.3 is 318 Å². The van der Waals surface area contributed by atoms with E-state index < -0.39 is 21.8 Å². The van der Waals surface area contributed by atoms with Gasteiger partial charge in [-0.05, 0) is 0 Å². The van der Waals surface area contributed by atoms with Gasteiger partial charge in [-0.25, -0.2) is 0 Å². The predicted molar refractivity (Wildman–Crippen MR) is 213 cm³/mol. The fourth-order valence-electron chi connectivity index (χ4n) is 11.5. The minimum atomic E-state index is -2.76. The first kappa shape index (κ1) is 39.1. The van der Waals surface area contributed by atoms with Gasteiger partial charge in [0.25, 0.3) is 0 Å². The molecular weight excluding hydrogens is 763 g/mol. The molecule has 0 amide bonds. The summed E-state index contributed by atoms with van der Waals surface area (Å²) < 4.78 is 2.76. The summed E-state index contributed by atoms with van der Waals surface area (Å²) in [6.45, 7) is 16.9. The molecular formula is C50H57Cl2Zr. The second kappa shape index (κ2) is 14.7. The number of benzene rings is 4. The van der Waals surface area contributed by atoms with E-state index in [1.54, 1.807) is 20.0 Å². The maximum absolute atomic E-state index is 2.91. The van der Waals surface area contributed by atoms with E-state index in [4.69, 9.17) is 0 Å². The number of halogens is 2. The van der Waals surface area contributed by atoms with Crippen LogP contribution in [-0.4, -0.2) is 0 Å². The van der Waals surface area contributed by atoms with E-state index in [0.29, 0.717) is 7.25 Å². The summed E-state index contributed by atoms with van der Waals surface area (Å²) in [5.41, 5.74) is 15.8. The van der Waals surface area contributed by atoms with Crippen molar-refractivity contribution in [3.05, 3.63) is 148 Å². The van der Waals surface area contributed by atoms with Crippen molar-refractivity contribution in [3.8, 4) is 11.1 Å². The quantitative estimate of drug-likeness (QED) is 0.181. The van der Waals surface area contributed by atoms with Crippen molar-refractivity contribution in [1.82, 2.24) is 0 Å². The van der Waals surface area contributed by atoms with Crippen molar-refractivity contribution < 1.29 is 46.6 Å². The Morgan fingerprint density at radius 2 is 1.17 bits per heavy atom. The van der Waals surface area contributed by atoms with Crippen LogP contribution in [0.3, 0.4) is 0 Å². The number of rotatable bonds is 6. The average molecular weight is 820 g/mol. The summed E-state index contributed by atoms with van der Waals surface area (Å²) >= 11 is -2.76. The molecule has 4 aromatic rings. The minimum Gasteiger partial charge on any atom is -1.00 e. The fourth-order valence-corrected chi connectivity index (χ4v) is 21.2. The van der Waals surface area contributed by atoms with Crippen molar-refractivity contribution in [3.63, 3.8) is 0 Å². The fraction of sp³-hybridized carbons (Fsp3) is 0.440. The van der Waals surface area contributed by atoms with Crippen LogP contribution in [0.25, 0.3) is 11.1 Å². The second-order valence-corrected chi connectivity index (χ2v) is 25.8. The van der Waals surface area contributed by atoms with Crippen LogP contribution >= 0.6 is 0 Å². The van der Waals surface area contributed by atoms with E-state index in [1.165, 1.54) is 71.0 Å². The van der Waals surface area contributed by atoms with E-state index >= 15 is 0 Å². The van der Waals surface area contributed by atoms with Gasteiger partial charge in [0.05, 0.1) is 0 Å². The third kappa shape index (κ3) is 7.08. The van der Waals surface area contributed by atoms with Crippen LogP contribution in [0.15, 0.2) is 114 Å². The predicted octanol–water partition coefficient (Wildman–Crippen LogP) is 6.64. The van der Waals surface area contributed by atoms with E-state index in [1.807, 2.05) is 0 Å². The van der Waals surface area contributed by atoms with Crippen LogP contribution in [0, 0.1) is 29.6 Å². The maximum atomic E-state index is 2.91. The molecule has 4 fully saturated rings. The molecule has 275 valence electrons. The first-order chi connectivity index (χ1) is 24.4. The first-order valence-electron chi connectivity index (χ1n) is 20.1. The summed E-state index contributed by atoms with van der Waals surface area (Å²) in [6.07, 6.45) is 14.2. The van der Waals surface area contributed by atoms with Crippen molar-refractivity contribution in [2.75, 3.05) is 0 Å². The number of allylic oxidation sites excluding steroid dienone is 4. The van der Waals surface area contributed by atoms with Gasteiger partial charge in [-0.2, -0.15) is 0 Å². The molecule has 0 saturated heterocycles. The van der Waals surface area contributed by atoms with Gasteiger partial charge in [0, 0.05) is 0 Å². The monoisotopic (exact) mass is 817 g/mol. The van der Waals surface area contributed by atoms with Gasteiger partial charge in [-0.15, -0.1) is 0 Å². The molecule has 1 unspecified atom stereocenters. The standard InChI is InChI=1S/C21H25.C16H21.C13H11.2ClH.Zr/c1-20(2,3)16-9-7-14-11-15-8-10-17(21(4,5)6)13-19(15)18(14)12-16;1-10-2-3-13(4-10)16-14-6-11-5-12(8-14)9-15(16)7-11;1-3-7-12(8-4-1)11-13-9-5-2-6-10-13;;;/h7,9-10,12-13H,11H2,1-6H3;2-4,11-12,14-16H,5-9H2,1H3;1-11H;2*1H;/q;;;;;+2/p-2. The van der Waals surface area contributed by atoms with Crippen LogP contribution in [0.5, 0.6) is 0 Å². The van der Waals surface area contributed by atoms with Gasteiger partial charge in [-0.1, -0.05) is 0 Å². The molecule has 0 radical (unpaired) electrons. The Hall–Kier alpha value is -2.18. The van der Waals surface area contributed by atoms with Crippen molar-refractivity contribution in [2.24, 2.45) is 29.6 Å². The van der Waals surface area contributed by atoms with Crippen LogP contribution in [0.2, 0.25) is 3.63 Å². The van der Waals surface area contributed by atoms with E-state index in [9.17, 15) is 0 Å². The number of fused-ring (bicyclic) bond motifs is 3. The Labute approximate surface area is 340 Å². The van der Waals surface area contributed by atoms with Gasteiger partial charge in [0.15, 0.2) is 0 Å². The summed E-state index contributed by atoms with van der Waals surface area (Å²) in [4.78, 5) is 0. The topological polar surface area (TPSA) is 0 Å². The smallest absolute Gasteiger partial charge is 1.00 e. The third-order valence-electron chi connectivity index (χ3n) is 13.8. The number of hydrogen-bond acceptors (Lipinski definition) is 0. The molecule has 4 aromatic carbocycles. The van der Waals surface area contributed by atoms with E-state index in [2.05, 4.69) is 152 Å². The Bertz CT molecular complexity index is 1960. The summed E-state index contributed by atoms with van der Waals surface area (Å²) in [5, 5.41) is 0. The van der Waals surface area contributed by atoms with Gasteiger partial charge in [-0.3, -0.25) is 0 Å². The summed E-state index contributed by atoms with van der Waals surface area (Å²) in [7, 11) is 0. The molecule has 1 atom stereocenters. The van der Waals surface area contributed by atoms with Crippen molar-refractivity contribution in [2.45, 2.75) is 105 Å². The third-order valence-corrected chi connectivity index (χ3v) is 22.8. The zero-order valence-corrected chi connectivity index (χ0v) is 36.8. The van der Waals surface area contributed by atoms with E-state index in [0.717, 1.165) is 36.0 Å². The second-order valence-electron chi connectivity index (χ2n) is 19.3. The van der Waals surface area contributed by atoms with Gasteiger partial charge < -0.3 is 24.8 Å². The van der Waals surface area contributed by atoms with Crippen LogP contribution < -0.4 is 28.1 Å². The van der Waals surface area contributed by atoms with Crippen molar-refractivity contribution in [1.29, 1.82) is 0 Å². The summed E-state index contributed by atoms with van der Waals surface area (Å²) in [6, 6.07) is 36.2. The molecule has 0 N–H and O–H groups in total. The Kier molecular flexibility index (Phi) is 10.9. The molecule has 0 heterocycles. The molecule has 53 heavy (non-hydrogen) atoms. The molecule has 4 saturated carbocycles. The molecule has 0 spiro atoms. The molecule has 0 aliphatic heterocycles. The van der Waals surface area contributed by atoms with Crippen LogP contribution in [0.4, 0.5) is 0 Å². The van der Waals surface area contributed by atoms with Crippen LogP contribution in [-0.2, 0) is 39.0 Å². The Balaban J connectivity index is 0.00000218. The van der Waals surface area contributed by atoms with E-state index in [-0.39, 0.29) is 35.6 Å². The van der Waals surface area contributed by atoms with Crippen LogP contribution in [0.1, 0.15) is 118 Å². The molecule has 6 aliphatic rings. The zero-order chi connectivity index (χ0) is 35.2. The normalized spacial score (nSPS) is 25.3. The molecule has 0 nitrogen and oxygen atoms in total. The summed E-state index contributed by atoms with van der Waals surface area (Å²) in [5.74, 6) is 4.66. The maximum Gasteiger partial charge on any atom is -1.00 e. The minimum absolute atomic E-state index is 0. The van der Waals surface area contributed by atoms with Crippen molar-refractivity contribution >= 4 is 3.27 Å². The Morgan fingerprint density at radius 1 is 0.623 bits per heavy atom. The molecule has 6 aliphatic carbocycles. The van der Waals surface area contributed by atoms with Gasteiger partial charge in [0.1, 0.15) is 0 Å². The SMILES string of the molecule is CC1=CC(C2C3CC4CC(C3)CC2C4)=C[CH]1[Zr+2]([c]1cc(C(C)(C)C)cc2c1Cc1ccc(C(C)(C)C)cc1-2)[CH](c1ccccc1)c1ccccc1.[Cl-].[Cl-]. The Morgan fingerprint density at radius 3 is 1.72 bits per heavy atom. The molecule has 4 bridgehead atoms. The largest absolute Gasteiger partial charge is 1.00 e. The average Bonchev–Trinajstić information content (AvgIpc) is 3.66. The molecule has 10 rings (SSSR count).